The Kier molecular flexibility index (Phi) is 5.14. The molecule has 1 aromatic heterocycles. The van der Waals surface area contributed by atoms with Gasteiger partial charge in [0.05, 0.1) is 12.0 Å². The Hall–Kier alpha value is -1.95. The Balaban J connectivity index is 1.58. The SMILES string of the molecule is O=C(CCc1ccccn1)N1CC[C@]2(CCCN(CCO)C2=O)C1. The van der Waals surface area contributed by atoms with E-state index in [2.05, 4.69) is 4.98 Å². The molecule has 1 spiro atoms. The third-order valence-electron chi connectivity index (χ3n) is 5.22. The van der Waals surface area contributed by atoms with Crippen molar-refractivity contribution in [3.05, 3.63) is 30.1 Å². The van der Waals surface area contributed by atoms with E-state index < -0.39 is 5.41 Å². The van der Waals surface area contributed by atoms with Crippen LogP contribution in [0.15, 0.2) is 24.4 Å². The molecule has 3 rings (SSSR count). The Morgan fingerprint density at radius 2 is 2.17 bits per heavy atom. The Morgan fingerprint density at radius 1 is 1.29 bits per heavy atom. The van der Waals surface area contributed by atoms with E-state index in [1.54, 1.807) is 11.1 Å². The molecule has 0 unspecified atom stereocenters. The standard InChI is InChI=1S/C18H25N3O3/c22-13-12-20-10-3-7-18(17(20)24)8-11-21(14-18)16(23)6-5-15-4-1-2-9-19-15/h1-2,4,9,22H,3,5-8,10-14H2/t18-/m1/s1. The van der Waals surface area contributed by atoms with Crippen molar-refractivity contribution in [1.29, 1.82) is 0 Å². The molecular weight excluding hydrogens is 306 g/mol. The quantitative estimate of drug-likeness (QED) is 0.868. The second-order valence-corrected chi connectivity index (χ2v) is 6.79. The van der Waals surface area contributed by atoms with Gasteiger partial charge in [-0.3, -0.25) is 14.6 Å². The van der Waals surface area contributed by atoms with Gasteiger partial charge in [0, 0.05) is 44.5 Å². The summed E-state index contributed by atoms with van der Waals surface area (Å²) in [7, 11) is 0. The Labute approximate surface area is 142 Å². The van der Waals surface area contributed by atoms with Crippen molar-refractivity contribution >= 4 is 11.8 Å². The van der Waals surface area contributed by atoms with Crippen molar-refractivity contribution in [2.45, 2.75) is 32.1 Å². The molecule has 0 radical (unpaired) electrons. The molecule has 24 heavy (non-hydrogen) atoms. The zero-order valence-corrected chi connectivity index (χ0v) is 14.0. The van der Waals surface area contributed by atoms with E-state index in [-0.39, 0.29) is 18.4 Å². The van der Waals surface area contributed by atoms with E-state index >= 15 is 0 Å². The molecule has 3 heterocycles. The molecule has 0 bridgehead atoms. The van der Waals surface area contributed by atoms with E-state index in [1.807, 2.05) is 23.1 Å². The molecule has 0 aliphatic carbocycles. The summed E-state index contributed by atoms with van der Waals surface area (Å²) < 4.78 is 0. The van der Waals surface area contributed by atoms with Crippen LogP contribution in [-0.2, 0) is 16.0 Å². The molecule has 6 nitrogen and oxygen atoms in total. The van der Waals surface area contributed by atoms with Crippen LogP contribution < -0.4 is 0 Å². The van der Waals surface area contributed by atoms with Crippen LogP contribution in [0.5, 0.6) is 0 Å². The molecule has 1 atom stereocenters. The van der Waals surface area contributed by atoms with E-state index in [0.29, 0.717) is 32.5 Å². The van der Waals surface area contributed by atoms with Gasteiger partial charge in [-0.25, -0.2) is 0 Å². The molecule has 130 valence electrons. The first-order valence-electron chi connectivity index (χ1n) is 8.72. The van der Waals surface area contributed by atoms with Gasteiger partial charge in [-0.05, 0) is 37.8 Å². The zero-order valence-electron chi connectivity index (χ0n) is 14.0. The van der Waals surface area contributed by atoms with Crippen LogP contribution in [0.3, 0.4) is 0 Å². The number of aliphatic hydroxyl groups is 1. The van der Waals surface area contributed by atoms with Gasteiger partial charge in [0.15, 0.2) is 0 Å². The lowest BCUT2D eigenvalue weighted by molar-refractivity contribution is -0.146. The van der Waals surface area contributed by atoms with Crippen LogP contribution in [0, 0.1) is 5.41 Å². The molecule has 1 aromatic rings. The fourth-order valence-electron chi connectivity index (χ4n) is 3.89. The number of carbonyl (C=O) groups is 2. The number of likely N-dealkylation sites (tertiary alicyclic amines) is 2. The van der Waals surface area contributed by atoms with Gasteiger partial charge in [0.1, 0.15) is 0 Å². The van der Waals surface area contributed by atoms with Gasteiger partial charge in [-0.1, -0.05) is 6.07 Å². The number of carbonyl (C=O) groups excluding carboxylic acids is 2. The highest BCUT2D eigenvalue weighted by Crippen LogP contribution is 2.40. The highest BCUT2D eigenvalue weighted by atomic mass is 16.3. The third-order valence-corrected chi connectivity index (χ3v) is 5.22. The lowest BCUT2D eigenvalue weighted by Gasteiger charge is -2.39. The number of piperidine rings is 1. The van der Waals surface area contributed by atoms with Crippen LogP contribution in [-0.4, -0.2) is 64.5 Å². The number of aliphatic hydroxyl groups excluding tert-OH is 1. The maximum absolute atomic E-state index is 12.8. The van der Waals surface area contributed by atoms with E-state index in [9.17, 15) is 9.59 Å². The minimum absolute atomic E-state index is 0.00542. The molecule has 2 fully saturated rings. The molecule has 6 heteroatoms. The highest BCUT2D eigenvalue weighted by molar-refractivity contribution is 5.86. The first-order chi connectivity index (χ1) is 11.6. The summed E-state index contributed by atoms with van der Waals surface area (Å²) in [6, 6.07) is 5.71. The smallest absolute Gasteiger partial charge is 0.230 e. The fourth-order valence-corrected chi connectivity index (χ4v) is 3.89. The summed E-state index contributed by atoms with van der Waals surface area (Å²) >= 11 is 0. The average Bonchev–Trinajstić information content (AvgIpc) is 3.03. The van der Waals surface area contributed by atoms with Crippen molar-refractivity contribution in [2.75, 3.05) is 32.8 Å². The summed E-state index contributed by atoms with van der Waals surface area (Å²) in [5, 5.41) is 9.12. The van der Waals surface area contributed by atoms with Crippen molar-refractivity contribution in [3.63, 3.8) is 0 Å². The van der Waals surface area contributed by atoms with E-state index in [0.717, 1.165) is 31.5 Å². The predicted molar refractivity (Wildman–Crippen MR) is 89.1 cm³/mol. The average molecular weight is 331 g/mol. The molecular formula is C18H25N3O3. The van der Waals surface area contributed by atoms with Crippen LogP contribution in [0.2, 0.25) is 0 Å². The topological polar surface area (TPSA) is 73.7 Å². The van der Waals surface area contributed by atoms with Gasteiger partial charge >= 0.3 is 0 Å². The molecule has 0 saturated carbocycles. The minimum atomic E-state index is -0.423. The monoisotopic (exact) mass is 331 g/mol. The third kappa shape index (κ3) is 3.43. The maximum atomic E-state index is 12.8. The lowest BCUT2D eigenvalue weighted by atomic mass is 9.78. The van der Waals surface area contributed by atoms with E-state index in [1.165, 1.54) is 0 Å². The number of hydrogen-bond donors (Lipinski definition) is 1. The summed E-state index contributed by atoms with van der Waals surface area (Å²) in [6.07, 6.45) is 5.33. The lowest BCUT2D eigenvalue weighted by Crippen LogP contribution is -2.51. The van der Waals surface area contributed by atoms with Crippen molar-refractivity contribution in [1.82, 2.24) is 14.8 Å². The number of aryl methyl sites for hydroxylation is 1. The van der Waals surface area contributed by atoms with Crippen molar-refractivity contribution in [2.24, 2.45) is 5.41 Å². The summed E-state index contributed by atoms with van der Waals surface area (Å²) in [5.41, 5.74) is 0.497. The second-order valence-electron chi connectivity index (χ2n) is 6.79. The predicted octanol–water partition coefficient (Wildman–Crippen LogP) is 0.848. The first kappa shape index (κ1) is 16.9. The van der Waals surface area contributed by atoms with Crippen molar-refractivity contribution in [3.8, 4) is 0 Å². The van der Waals surface area contributed by atoms with Gasteiger partial charge in [-0.2, -0.15) is 0 Å². The molecule has 1 N–H and O–H groups in total. The normalized spacial score (nSPS) is 24.0. The molecule has 2 saturated heterocycles. The number of rotatable bonds is 5. The second kappa shape index (κ2) is 7.30. The zero-order chi connectivity index (χ0) is 17.0. The molecule has 2 amide bonds. The number of aromatic nitrogens is 1. The molecule has 0 aromatic carbocycles. The summed E-state index contributed by atoms with van der Waals surface area (Å²) in [4.78, 5) is 33.1. The largest absolute Gasteiger partial charge is 0.395 e. The van der Waals surface area contributed by atoms with Crippen LogP contribution in [0.25, 0.3) is 0 Å². The molecule has 2 aliphatic rings. The van der Waals surface area contributed by atoms with Gasteiger partial charge in [0.2, 0.25) is 11.8 Å². The number of amides is 2. The minimum Gasteiger partial charge on any atom is -0.395 e. The number of pyridine rings is 1. The van der Waals surface area contributed by atoms with Gasteiger partial charge in [0.25, 0.3) is 0 Å². The summed E-state index contributed by atoms with van der Waals surface area (Å²) in [5.74, 6) is 0.215. The van der Waals surface area contributed by atoms with Crippen LogP contribution in [0.1, 0.15) is 31.4 Å². The number of hydrogen-bond acceptors (Lipinski definition) is 4. The maximum Gasteiger partial charge on any atom is 0.230 e. The summed E-state index contributed by atoms with van der Waals surface area (Å²) in [6.45, 7) is 2.28. The van der Waals surface area contributed by atoms with Gasteiger partial charge < -0.3 is 14.9 Å². The Bertz CT molecular complexity index is 590. The number of nitrogens with zero attached hydrogens (tertiary/aromatic N) is 3. The van der Waals surface area contributed by atoms with Gasteiger partial charge in [-0.15, -0.1) is 0 Å². The highest BCUT2D eigenvalue weighted by Gasteiger charge is 2.49. The van der Waals surface area contributed by atoms with Crippen LogP contribution in [0.4, 0.5) is 0 Å². The molecule has 2 aliphatic heterocycles. The number of β-amino-alcohol motifs (C(OH)–C–C–N with tert-alkyl or cyclic N) is 1. The fraction of sp³-hybridized carbons (Fsp3) is 0.611. The van der Waals surface area contributed by atoms with E-state index in [4.69, 9.17) is 5.11 Å². The Morgan fingerprint density at radius 3 is 2.92 bits per heavy atom. The van der Waals surface area contributed by atoms with Crippen molar-refractivity contribution < 1.29 is 14.7 Å². The first-order valence-corrected chi connectivity index (χ1v) is 8.72. The van der Waals surface area contributed by atoms with Crippen LogP contribution >= 0.6 is 0 Å².